The van der Waals surface area contributed by atoms with Gasteiger partial charge in [-0.3, -0.25) is 10.1 Å². The molecule has 0 spiro atoms. The van der Waals surface area contributed by atoms with E-state index in [0.29, 0.717) is 16.7 Å². The minimum atomic E-state index is -0.672. The van der Waals surface area contributed by atoms with E-state index >= 15 is 0 Å². The number of anilines is 2. The number of nitrogens with one attached hydrogen (secondary N) is 1. The van der Waals surface area contributed by atoms with Crippen LogP contribution in [-0.4, -0.2) is 16.1 Å². The van der Waals surface area contributed by atoms with Gasteiger partial charge in [0.1, 0.15) is 5.01 Å². The Kier molecular flexibility index (Phi) is 5.36. The summed E-state index contributed by atoms with van der Waals surface area (Å²) in [5.74, 6) is 0.303. The fourth-order valence-corrected chi connectivity index (χ4v) is 3.38. The number of benzene rings is 1. The Morgan fingerprint density at radius 1 is 1.22 bits per heavy atom. The van der Waals surface area contributed by atoms with E-state index in [-0.39, 0.29) is 5.91 Å². The van der Waals surface area contributed by atoms with Gasteiger partial charge in [-0.25, -0.2) is 0 Å². The van der Waals surface area contributed by atoms with Gasteiger partial charge in [0.15, 0.2) is 0 Å². The third-order valence-electron chi connectivity index (χ3n) is 4.20. The van der Waals surface area contributed by atoms with Crippen molar-refractivity contribution in [3.05, 3.63) is 34.8 Å². The summed E-state index contributed by atoms with van der Waals surface area (Å²) in [4.78, 5) is 12.6. The number of amides is 1. The van der Waals surface area contributed by atoms with E-state index in [9.17, 15) is 4.79 Å². The van der Waals surface area contributed by atoms with Gasteiger partial charge in [0, 0.05) is 11.6 Å². The zero-order chi connectivity index (χ0) is 17.0. The molecule has 2 rings (SSSR count). The van der Waals surface area contributed by atoms with Crippen molar-refractivity contribution >= 4 is 28.1 Å². The molecule has 1 amide bonds. The highest BCUT2D eigenvalue weighted by Crippen LogP contribution is 2.30. The molecule has 0 saturated heterocycles. The predicted octanol–water partition coefficient (Wildman–Crippen LogP) is 3.94. The molecule has 0 aliphatic rings. The van der Waals surface area contributed by atoms with Gasteiger partial charge in [0.05, 0.1) is 5.41 Å². The Bertz CT molecular complexity index is 659. The summed E-state index contributed by atoms with van der Waals surface area (Å²) in [5.41, 5.74) is 6.63. The lowest BCUT2D eigenvalue weighted by molar-refractivity contribution is -0.120. The van der Waals surface area contributed by atoms with Crippen LogP contribution in [0.25, 0.3) is 0 Å². The molecule has 0 aliphatic heterocycles. The van der Waals surface area contributed by atoms with Crippen LogP contribution in [0.15, 0.2) is 24.3 Å². The first-order chi connectivity index (χ1) is 10.9. The Morgan fingerprint density at radius 3 is 2.39 bits per heavy atom. The highest BCUT2D eigenvalue weighted by atomic mass is 32.1. The summed E-state index contributed by atoms with van der Waals surface area (Å²) in [6.45, 7) is 8.05. The lowest BCUT2D eigenvalue weighted by Gasteiger charge is -2.23. The predicted molar refractivity (Wildman–Crippen MR) is 95.7 cm³/mol. The van der Waals surface area contributed by atoms with Gasteiger partial charge < -0.3 is 5.73 Å². The number of nitrogens with zero attached hydrogens (tertiary/aromatic N) is 2. The quantitative estimate of drug-likeness (QED) is 0.785. The molecule has 6 heteroatoms. The number of aromatic nitrogens is 2. The van der Waals surface area contributed by atoms with Gasteiger partial charge in [0.25, 0.3) is 0 Å². The molecule has 3 N–H and O–H groups in total. The van der Waals surface area contributed by atoms with Crippen LogP contribution < -0.4 is 11.1 Å². The van der Waals surface area contributed by atoms with Crippen LogP contribution in [0.4, 0.5) is 10.8 Å². The molecule has 0 saturated carbocycles. The van der Waals surface area contributed by atoms with Crippen LogP contribution in [0.1, 0.15) is 57.0 Å². The molecule has 0 aliphatic carbocycles. The second-order valence-corrected chi connectivity index (χ2v) is 7.17. The second kappa shape index (κ2) is 7.08. The molecule has 1 aromatic carbocycles. The van der Waals surface area contributed by atoms with Crippen molar-refractivity contribution in [2.45, 2.75) is 51.9 Å². The number of carbonyl (C=O) groups excluding carboxylic acids is 1. The van der Waals surface area contributed by atoms with Crippen LogP contribution in [0.2, 0.25) is 0 Å². The number of hydrogen-bond acceptors (Lipinski definition) is 5. The number of nitrogen functional groups attached to an aromatic ring is 1. The zero-order valence-electron chi connectivity index (χ0n) is 14.1. The Balaban J connectivity index is 2.13. The summed E-state index contributed by atoms with van der Waals surface area (Å²) in [5, 5.41) is 12.8. The summed E-state index contributed by atoms with van der Waals surface area (Å²) in [7, 11) is 0. The van der Waals surface area contributed by atoms with Crippen molar-refractivity contribution in [1.29, 1.82) is 0 Å². The first kappa shape index (κ1) is 17.4. The van der Waals surface area contributed by atoms with Gasteiger partial charge in [-0.15, -0.1) is 10.2 Å². The maximum Gasteiger partial charge on any atom is 0.236 e. The molecule has 0 fully saturated rings. The van der Waals surface area contributed by atoms with Crippen molar-refractivity contribution in [1.82, 2.24) is 10.2 Å². The molecular weight excluding hydrogens is 308 g/mol. The molecule has 0 radical (unpaired) electrons. The molecular formula is C17H24N4OS. The number of nitrogens with two attached hydrogens (primary N) is 1. The second-order valence-electron chi connectivity index (χ2n) is 6.16. The Labute approximate surface area is 141 Å². The fourth-order valence-electron chi connectivity index (χ4n) is 2.37. The van der Waals surface area contributed by atoms with Gasteiger partial charge in [-0.05, 0) is 44.4 Å². The van der Waals surface area contributed by atoms with Crippen molar-refractivity contribution in [2.75, 3.05) is 11.1 Å². The molecule has 0 unspecified atom stereocenters. The van der Waals surface area contributed by atoms with Crippen LogP contribution in [0, 0.1) is 0 Å². The van der Waals surface area contributed by atoms with E-state index < -0.39 is 5.41 Å². The summed E-state index contributed by atoms with van der Waals surface area (Å²) < 4.78 is 0. The van der Waals surface area contributed by atoms with Crippen LogP contribution >= 0.6 is 11.3 Å². The van der Waals surface area contributed by atoms with Gasteiger partial charge in [-0.2, -0.15) is 0 Å². The van der Waals surface area contributed by atoms with Gasteiger partial charge in [0.2, 0.25) is 11.0 Å². The molecule has 0 atom stereocenters. The maximum atomic E-state index is 12.6. The van der Waals surface area contributed by atoms with E-state index in [2.05, 4.69) is 29.4 Å². The topological polar surface area (TPSA) is 80.9 Å². The van der Waals surface area contributed by atoms with E-state index in [1.54, 1.807) is 12.1 Å². The Morgan fingerprint density at radius 2 is 1.83 bits per heavy atom. The Hall–Kier alpha value is -1.95. The average Bonchev–Trinajstić information content (AvgIpc) is 2.97. The number of hydrogen-bond donors (Lipinski definition) is 2. The van der Waals surface area contributed by atoms with Crippen molar-refractivity contribution in [2.24, 2.45) is 0 Å². The van der Waals surface area contributed by atoms with E-state index in [0.717, 1.165) is 23.4 Å². The van der Waals surface area contributed by atoms with Crippen LogP contribution in [-0.2, 0) is 10.2 Å². The molecule has 2 aromatic rings. The largest absolute Gasteiger partial charge is 0.399 e. The zero-order valence-corrected chi connectivity index (χ0v) is 14.9. The molecule has 0 bridgehead atoms. The van der Waals surface area contributed by atoms with E-state index in [4.69, 9.17) is 5.73 Å². The van der Waals surface area contributed by atoms with Crippen molar-refractivity contribution < 1.29 is 4.79 Å². The highest BCUT2D eigenvalue weighted by Gasteiger charge is 2.30. The summed E-state index contributed by atoms with van der Waals surface area (Å²) in [6, 6.07) is 7.37. The standard InChI is InChI=1S/C17H24N4OS/c1-5-11(6-2)14-20-21-16(23-14)19-15(22)17(3,4)12-7-9-13(18)10-8-12/h7-11H,5-6,18H2,1-4H3,(H,19,21,22). The van der Waals surface area contributed by atoms with Crippen LogP contribution in [0.3, 0.4) is 0 Å². The first-order valence-electron chi connectivity index (χ1n) is 7.89. The van der Waals surface area contributed by atoms with Crippen molar-refractivity contribution in [3.8, 4) is 0 Å². The minimum absolute atomic E-state index is 0.102. The third kappa shape index (κ3) is 3.88. The molecule has 1 aromatic heterocycles. The first-order valence-corrected chi connectivity index (χ1v) is 8.71. The highest BCUT2D eigenvalue weighted by molar-refractivity contribution is 7.15. The minimum Gasteiger partial charge on any atom is -0.399 e. The normalized spacial score (nSPS) is 11.7. The summed E-state index contributed by atoms with van der Waals surface area (Å²) >= 11 is 1.46. The van der Waals surface area contributed by atoms with Gasteiger partial charge >= 0.3 is 0 Å². The maximum absolute atomic E-state index is 12.6. The molecule has 124 valence electrons. The summed E-state index contributed by atoms with van der Waals surface area (Å²) in [6.07, 6.45) is 2.05. The number of carbonyl (C=O) groups is 1. The molecule has 1 heterocycles. The monoisotopic (exact) mass is 332 g/mol. The SMILES string of the molecule is CCC(CC)c1nnc(NC(=O)C(C)(C)c2ccc(N)cc2)s1. The van der Waals surface area contributed by atoms with Crippen molar-refractivity contribution in [3.63, 3.8) is 0 Å². The fraction of sp³-hybridized carbons (Fsp3) is 0.471. The van der Waals surface area contributed by atoms with E-state index in [1.807, 2.05) is 26.0 Å². The molecule has 5 nitrogen and oxygen atoms in total. The lowest BCUT2D eigenvalue weighted by Crippen LogP contribution is -2.34. The third-order valence-corrected chi connectivity index (χ3v) is 5.20. The van der Waals surface area contributed by atoms with Crippen LogP contribution in [0.5, 0.6) is 0 Å². The smallest absolute Gasteiger partial charge is 0.236 e. The van der Waals surface area contributed by atoms with E-state index in [1.165, 1.54) is 11.3 Å². The average molecular weight is 332 g/mol. The molecule has 23 heavy (non-hydrogen) atoms. The number of rotatable bonds is 6. The lowest BCUT2D eigenvalue weighted by atomic mass is 9.83. The van der Waals surface area contributed by atoms with Gasteiger partial charge in [-0.1, -0.05) is 37.3 Å².